The number of nitrogens with zero attached hydrogens (tertiary/aromatic N) is 3. The summed E-state index contributed by atoms with van der Waals surface area (Å²) in [6.45, 7) is 0. The van der Waals surface area contributed by atoms with Gasteiger partial charge in [0, 0.05) is 5.02 Å². The largest absolute Gasteiger partial charge is 0.323 e. The molecule has 1 amide bonds. The highest BCUT2D eigenvalue weighted by atomic mass is 35.5. The van der Waals surface area contributed by atoms with Gasteiger partial charge in [0.2, 0.25) is 5.91 Å². The Hall–Kier alpha value is -3.17. The van der Waals surface area contributed by atoms with Gasteiger partial charge in [-0.2, -0.15) is 5.10 Å². The van der Waals surface area contributed by atoms with E-state index in [1.54, 1.807) is 30.3 Å². The van der Waals surface area contributed by atoms with Crippen LogP contribution in [-0.4, -0.2) is 31.4 Å². The highest BCUT2D eigenvalue weighted by Gasteiger charge is 2.14. The molecular formula is C19H13ClFN5O2S. The van der Waals surface area contributed by atoms with Crippen molar-refractivity contribution in [1.29, 1.82) is 0 Å². The van der Waals surface area contributed by atoms with Crippen LogP contribution < -0.4 is 10.9 Å². The molecule has 2 heterocycles. The number of fused-ring (bicyclic) bond motifs is 1. The molecule has 0 aliphatic rings. The summed E-state index contributed by atoms with van der Waals surface area (Å²) in [5, 5.41) is 7.78. The van der Waals surface area contributed by atoms with Crippen molar-refractivity contribution in [3.63, 3.8) is 0 Å². The van der Waals surface area contributed by atoms with Crippen molar-refractivity contribution in [2.24, 2.45) is 0 Å². The highest BCUT2D eigenvalue weighted by molar-refractivity contribution is 7.99. The number of aromatic nitrogens is 4. The second kappa shape index (κ2) is 8.06. The second-order valence-corrected chi connectivity index (χ2v) is 7.36. The van der Waals surface area contributed by atoms with Gasteiger partial charge in [-0.3, -0.25) is 9.59 Å². The maximum absolute atomic E-state index is 13.6. The molecule has 0 fully saturated rings. The lowest BCUT2D eigenvalue weighted by molar-refractivity contribution is -0.113. The summed E-state index contributed by atoms with van der Waals surface area (Å²) < 4.78 is 15.1. The van der Waals surface area contributed by atoms with Crippen molar-refractivity contribution in [3.8, 4) is 5.69 Å². The van der Waals surface area contributed by atoms with Crippen molar-refractivity contribution in [1.82, 2.24) is 19.7 Å². The third kappa shape index (κ3) is 4.15. The molecule has 0 aliphatic heterocycles. The zero-order valence-electron chi connectivity index (χ0n) is 14.7. The number of para-hydroxylation sites is 1. The second-order valence-electron chi connectivity index (χ2n) is 5.96. The third-order valence-corrected chi connectivity index (χ3v) is 5.07. The molecule has 0 unspecified atom stereocenters. The molecule has 0 saturated heterocycles. The van der Waals surface area contributed by atoms with Gasteiger partial charge in [0.1, 0.15) is 11.2 Å². The molecule has 10 heteroatoms. The predicted molar refractivity (Wildman–Crippen MR) is 110 cm³/mol. The number of amides is 1. The van der Waals surface area contributed by atoms with E-state index in [9.17, 15) is 14.0 Å². The monoisotopic (exact) mass is 429 g/mol. The lowest BCUT2D eigenvalue weighted by Gasteiger charge is -2.06. The smallest absolute Gasteiger partial charge is 0.262 e. The van der Waals surface area contributed by atoms with Gasteiger partial charge >= 0.3 is 0 Å². The van der Waals surface area contributed by atoms with Crippen molar-refractivity contribution in [2.75, 3.05) is 11.1 Å². The molecule has 7 nitrogen and oxygen atoms in total. The fraction of sp³-hybridized carbons (Fsp3) is 0.0526. The molecule has 29 heavy (non-hydrogen) atoms. The van der Waals surface area contributed by atoms with Gasteiger partial charge < -0.3 is 10.3 Å². The number of anilines is 1. The van der Waals surface area contributed by atoms with Gasteiger partial charge in [0.05, 0.1) is 23.3 Å². The standard InChI is InChI=1S/C19H13ClFN5O2S/c20-11-4-3-5-12(8-11)26-17-13(9-22-26)18(28)25-19(24-17)29-10-16(27)23-15-7-2-1-6-14(15)21/h1-9H,10H2,(H,23,27)(H,24,25,28). The fourth-order valence-electron chi connectivity index (χ4n) is 2.65. The fourth-order valence-corrected chi connectivity index (χ4v) is 3.49. The molecule has 146 valence electrons. The molecule has 0 spiro atoms. The van der Waals surface area contributed by atoms with Crippen LogP contribution in [0.15, 0.2) is 64.7 Å². The number of aromatic amines is 1. The Bertz CT molecular complexity index is 1270. The van der Waals surface area contributed by atoms with Crippen LogP contribution in [0.4, 0.5) is 10.1 Å². The van der Waals surface area contributed by atoms with Crippen LogP contribution in [0, 0.1) is 5.82 Å². The van der Waals surface area contributed by atoms with Crippen LogP contribution in [0.3, 0.4) is 0 Å². The number of carbonyl (C=O) groups excluding carboxylic acids is 1. The van der Waals surface area contributed by atoms with Crippen LogP contribution in [0.1, 0.15) is 0 Å². The summed E-state index contributed by atoms with van der Waals surface area (Å²) in [4.78, 5) is 31.5. The molecule has 4 aromatic rings. The molecular weight excluding hydrogens is 417 g/mol. The summed E-state index contributed by atoms with van der Waals surface area (Å²) in [5.41, 5.74) is 0.709. The van der Waals surface area contributed by atoms with E-state index in [2.05, 4.69) is 20.4 Å². The number of nitrogens with one attached hydrogen (secondary N) is 2. The van der Waals surface area contributed by atoms with E-state index in [1.165, 1.54) is 29.1 Å². The molecule has 0 atom stereocenters. The Kier molecular flexibility index (Phi) is 5.32. The summed E-state index contributed by atoms with van der Waals surface area (Å²) in [6, 6.07) is 12.9. The number of H-pyrrole nitrogens is 1. The third-order valence-electron chi connectivity index (χ3n) is 3.96. The van der Waals surface area contributed by atoms with Crippen LogP contribution in [0.5, 0.6) is 0 Å². The zero-order chi connectivity index (χ0) is 20.4. The van der Waals surface area contributed by atoms with E-state index in [-0.39, 0.29) is 22.2 Å². The van der Waals surface area contributed by atoms with Gasteiger partial charge in [-0.15, -0.1) is 0 Å². The summed E-state index contributed by atoms with van der Waals surface area (Å²) >= 11 is 7.06. The maximum Gasteiger partial charge on any atom is 0.262 e. The van der Waals surface area contributed by atoms with Crippen molar-refractivity contribution in [2.45, 2.75) is 5.16 Å². The van der Waals surface area contributed by atoms with E-state index >= 15 is 0 Å². The molecule has 2 aromatic carbocycles. The van der Waals surface area contributed by atoms with Crippen molar-refractivity contribution < 1.29 is 9.18 Å². The van der Waals surface area contributed by atoms with Gasteiger partial charge in [0.25, 0.3) is 5.56 Å². The zero-order valence-corrected chi connectivity index (χ0v) is 16.3. The Labute approximate surface area is 172 Å². The molecule has 0 radical (unpaired) electrons. The van der Waals surface area contributed by atoms with Gasteiger partial charge in [-0.05, 0) is 30.3 Å². The van der Waals surface area contributed by atoms with Gasteiger partial charge in [0.15, 0.2) is 10.8 Å². The average Bonchev–Trinajstić information content (AvgIpc) is 3.13. The number of rotatable bonds is 5. The van der Waals surface area contributed by atoms with Crippen molar-refractivity contribution in [3.05, 3.63) is 75.9 Å². The molecule has 2 aromatic heterocycles. The first kappa shape index (κ1) is 19.2. The van der Waals surface area contributed by atoms with E-state index in [0.29, 0.717) is 21.7 Å². The lowest BCUT2D eigenvalue weighted by Crippen LogP contribution is -2.16. The van der Waals surface area contributed by atoms with Gasteiger partial charge in [-0.25, -0.2) is 14.1 Å². The first-order chi connectivity index (χ1) is 14.0. The lowest BCUT2D eigenvalue weighted by atomic mass is 10.3. The minimum atomic E-state index is -0.524. The van der Waals surface area contributed by atoms with Crippen molar-refractivity contribution >= 4 is 46.0 Å². The van der Waals surface area contributed by atoms with Crippen LogP contribution in [-0.2, 0) is 4.79 Å². The summed E-state index contributed by atoms with van der Waals surface area (Å²) in [6.07, 6.45) is 1.42. The Morgan fingerprint density at radius 3 is 2.86 bits per heavy atom. The van der Waals surface area contributed by atoms with E-state index in [4.69, 9.17) is 11.6 Å². The Morgan fingerprint density at radius 2 is 2.07 bits per heavy atom. The summed E-state index contributed by atoms with van der Waals surface area (Å²) in [7, 11) is 0. The molecule has 4 rings (SSSR count). The SMILES string of the molecule is O=C(CSc1nc2c(cnn2-c2cccc(Cl)c2)c(=O)[nH]1)Nc1ccccc1F. The van der Waals surface area contributed by atoms with E-state index < -0.39 is 11.7 Å². The number of hydrogen-bond acceptors (Lipinski definition) is 5. The molecule has 0 bridgehead atoms. The number of benzene rings is 2. The normalized spacial score (nSPS) is 11.0. The topological polar surface area (TPSA) is 92.7 Å². The van der Waals surface area contributed by atoms with Crippen LogP contribution in [0.2, 0.25) is 5.02 Å². The highest BCUT2D eigenvalue weighted by Crippen LogP contribution is 2.20. The molecule has 2 N–H and O–H groups in total. The quantitative estimate of drug-likeness (QED) is 0.373. The Balaban J connectivity index is 1.57. The predicted octanol–water partition coefficient (Wildman–Crippen LogP) is 3.63. The molecule has 0 aliphatic carbocycles. The van der Waals surface area contributed by atoms with E-state index in [1.807, 2.05) is 0 Å². The Morgan fingerprint density at radius 1 is 1.24 bits per heavy atom. The number of thioether (sulfide) groups is 1. The van der Waals surface area contributed by atoms with Crippen LogP contribution >= 0.6 is 23.4 Å². The number of hydrogen-bond donors (Lipinski definition) is 2. The summed E-state index contributed by atoms with van der Waals surface area (Å²) in [5.74, 6) is -1.01. The van der Waals surface area contributed by atoms with Gasteiger partial charge in [-0.1, -0.05) is 41.6 Å². The average molecular weight is 430 g/mol. The number of carbonyl (C=O) groups is 1. The number of halogens is 2. The minimum absolute atomic E-state index is 0.0614. The van der Waals surface area contributed by atoms with Crippen LogP contribution in [0.25, 0.3) is 16.7 Å². The van der Waals surface area contributed by atoms with E-state index in [0.717, 1.165) is 11.8 Å². The minimum Gasteiger partial charge on any atom is -0.323 e. The molecule has 0 saturated carbocycles. The maximum atomic E-state index is 13.6. The first-order valence-corrected chi connectivity index (χ1v) is 9.79. The first-order valence-electron chi connectivity index (χ1n) is 8.42.